The minimum absolute atomic E-state index is 0.849. The van der Waals surface area contributed by atoms with E-state index < -0.39 is 0 Å². The first-order valence-electron chi connectivity index (χ1n) is 18.6. The molecule has 0 aliphatic heterocycles. The molecule has 0 radical (unpaired) electrons. The summed E-state index contributed by atoms with van der Waals surface area (Å²) in [5, 5.41) is 5.63. The van der Waals surface area contributed by atoms with E-state index in [4.69, 9.17) is 15.0 Å². The van der Waals surface area contributed by atoms with E-state index in [1.54, 1.807) is 0 Å². The van der Waals surface area contributed by atoms with E-state index in [9.17, 15) is 0 Å². The van der Waals surface area contributed by atoms with Crippen LogP contribution in [0, 0.1) is 0 Å². The molecule has 3 heterocycles. The molecule has 0 unspecified atom stereocenters. The lowest BCUT2D eigenvalue weighted by atomic mass is 9.93. The molecule has 55 heavy (non-hydrogen) atoms. The molecule has 256 valence electrons. The number of hydrogen-bond acceptors (Lipinski definition) is 3. The molecular weight excluding hydrogens is 669 g/mol. The summed E-state index contributed by atoms with van der Waals surface area (Å²) in [5.41, 5.74) is 13.9. The van der Waals surface area contributed by atoms with Gasteiger partial charge in [0.1, 0.15) is 0 Å². The van der Waals surface area contributed by atoms with Crippen LogP contribution < -0.4 is 0 Å². The third-order valence-corrected chi connectivity index (χ3v) is 10.8. The summed E-state index contributed by atoms with van der Waals surface area (Å²) in [7, 11) is 0. The molecule has 0 spiro atoms. The van der Waals surface area contributed by atoms with Crippen LogP contribution in [-0.4, -0.2) is 19.5 Å². The average Bonchev–Trinajstić information content (AvgIpc) is 3.60. The van der Waals surface area contributed by atoms with Crippen molar-refractivity contribution in [3.05, 3.63) is 194 Å². The zero-order valence-electron chi connectivity index (χ0n) is 29.8. The van der Waals surface area contributed by atoms with Crippen LogP contribution in [0.15, 0.2) is 194 Å². The lowest BCUT2D eigenvalue weighted by molar-refractivity contribution is 1.18. The first kappa shape index (κ1) is 31.1. The van der Waals surface area contributed by atoms with E-state index in [1.165, 1.54) is 21.8 Å². The van der Waals surface area contributed by atoms with Crippen LogP contribution in [-0.2, 0) is 0 Å². The second-order valence-electron chi connectivity index (χ2n) is 14.0. The van der Waals surface area contributed by atoms with Gasteiger partial charge in [-0.15, -0.1) is 0 Å². The molecule has 11 aromatic rings. The predicted molar refractivity (Wildman–Crippen MR) is 228 cm³/mol. The molecule has 4 heteroatoms. The summed E-state index contributed by atoms with van der Waals surface area (Å²) >= 11 is 0. The highest BCUT2D eigenvalue weighted by Crippen LogP contribution is 2.43. The summed E-state index contributed by atoms with van der Waals surface area (Å²) in [4.78, 5) is 16.6. The van der Waals surface area contributed by atoms with Crippen molar-refractivity contribution >= 4 is 54.5 Å². The van der Waals surface area contributed by atoms with Gasteiger partial charge in [0.2, 0.25) is 0 Å². The van der Waals surface area contributed by atoms with E-state index >= 15 is 0 Å². The third kappa shape index (κ3) is 5.03. The number of fused-ring (bicyclic) bond motifs is 8. The van der Waals surface area contributed by atoms with Crippen LogP contribution in [0.1, 0.15) is 0 Å². The maximum Gasteiger partial charge on any atom is 0.0987 e. The highest BCUT2D eigenvalue weighted by Gasteiger charge is 2.22. The van der Waals surface area contributed by atoms with Gasteiger partial charge in [-0.2, -0.15) is 0 Å². The van der Waals surface area contributed by atoms with Gasteiger partial charge in [0.05, 0.1) is 44.7 Å². The minimum atomic E-state index is 0.849. The topological polar surface area (TPSA) is 43.6 Å². The maximum atomic E-state index is 5.65. The first-order valence-corrected chi connectivity index (χ1v) is 18.6. The van der Waals surface area contributed by atoms with Gasteiger partial charge in [-0.25, -0.2) is 15.0 Å². The standard InChI is InChI=1S/C51H32N4/c1-4-16-34(17-5-1)47-42-32-41(33-28-30-37(31-29-33)55-44-26-14-11-22-38(44)39-23-12-15-27-45(39)55)50-51(46(42)40-24-10-13-25-43(40)52-47)54-49(36-20-8-3-9-21-36)48(53-50)35-18-6-2-7-19-35/h1-32H. The van der Waals surface area contributed by atoms with Crippen molar-refractivity contribution in [2.45, 2.75) is 0 Å². The number of nitrogens with zero attached hydrogens (tertiary/aromatic N) is 4. The van der Waals surface area contributed by atoms with Crippen molar-refractivity contribution in [2.75, 3.05) is 0 Å². The number of benzene rings is 8. The van der Waals surface area contributed by atoms with Gasteiger partial charge in [0, 0.05) is 54.9 Å². The third-order valence-electron chi connectivity index (χ3n) is 10.8. The molecule has 0 amide bonds. The SMILES string of the molecule is c1ccc(-c2nc3c(-c4ccc(-n5c6ccccc6c6ccccc65)cc4)cc4c(-c5ccccc5)nc5ccccc5c4c3nc2-c2ccccc2)cc1. The molecule has 0 saturated carbocycles. The number of para-hydroxylation sites is 3. The molecule has 0 bridgehead atoms. The van der Waals surface area contributed by atoms with Crippen molar-refractivity contribution < 1.29 is 0 Å². The Balaban J connectivity index is 1.24. The largest absolute Gasteiger partial charge is 0.309 e. The zero-order valence-corrected chi connectivity index (χ0v) is 29.8. The quantitative estimate of drug-likeness (QED) is 0.168. The highest BCUT2D eigenvalue weighted by atomic mass is 15.0. The Labute approximate surface area is 317 Å². The molecule has 0 N–H and O–H groups in total. The molecule has 0 aliphatic carbocycles. The summed E-state index contributed by atoms with van der Waals surface area (Å²) < 4.78 is 2.36. The maximum absolute atomic E-state index is 5.65. The van der Waals surface area contributed by atoms with Gasteiger partial charge in [-0.1, -0.05) is 158 Å². The van der Waals surface area contributed by atoms with Crippen molar-refractivity contribution in [3.8, 4) is 50.6 Å². The molecule has 4 nitrogen and oxygen atoms in total. The van der Waals surface area contributed by atoms with Crippen LogP contribution in [0.25, 0.3) is 105 Å². The molecule has 3 aromatic heterocycles. The molecule has 0 saturated heterocycles. The average molecular weight is 701 g/mol. The monoisotopic (exact) mass is 700 g/mol. The van der Waals surface area contributed by atoms with E-state index in [1.807, 2.05) is 12.1 Å². The number of aromatic nitrogens is 4. The van der Waals surface area contributed by atoms with E-state index in [0.29, 0.717) is 0 Å². The highest BCUT2D eigenvalue weighted by molar-refractivity contribution is 6.24. The Morgan fingerprint density at radius 1 is 0.327 bits per heavy atom. The molecular formula is C51H32N4. The van der Waals surface area contributed by atoms with Crippen molar-refractivity contribution in [3.63, 3.8) is 0 Å². The minimum Gasteiger partial charge on any atom is -0.309 e. The fourth-order valence-electron chi connectivity index (χ4n) is 8.25. The van der Waals surface area contributed by atoms with Gasteiger partial charge in [0.25, 0.3) is 0 Å². The van der Waals surface area contributed by atoms with Crippen LogP contribution in [0.2, 0.25) is 0 Å². The fraction of sp³-hybridized carbons (Fsp3) is 0. The molecule has 0 fully saturated rings. The van der Waals surface area contributed by atoms with E-state index in [0.717, 1.165) is 83.3 Å². The number of hydrogen-bond donors (Lipinski definition) is 0. The summed E-state index contributed by atoms with van der Waals surface area (Å²) in [6.07, 6.45) is 0. The predicted octanol–water partition coefficient (Wildman–Crippen LogP) is 13.1. The number of pyridine rings is 1. The Kier molecular flexibility index (Phi) is 7.14. The summed E-state index contributed by atoms with van der Waals surface area (Å²) in [5.74, 6) is 0. The first-order chi connectivity index (χ1) is 27.3. The molecule has 11 rings (SSSR count). The molecule has 8 aromatic carbocycles. The lowest BCUT2D eigenvalue weighted by Gasteiger charge is -2.18. The van der Waals surface area contributed by atoms with Gasteiger partial charge in [0.15, 0.2) is 0 Å². The summed E-state index contributed by atoms with van der Waals surface area (Å²) in [6, 6.07) is 68.2. The fourth-order valence-corrected chi connectivity index (χ4v) is 8.25. The normalized spacial score (nSPS) is 11.6. The van der Waals surface area contributed by atoms with Crippen LogP contribution in [0.4, 0.5) is 0 Å². The van der Waals surface area contributed by atoms with Crippen LogP contribution in [0.5, 0.6) is 0 Å². The molecule has 0 aliphatic rings. The van der Waals surface area contributed by atoms with Gasteiger partial charge >= 0.3 is 0 Å². The lowest BCUT2D eigenvalue weighted by Crippen LogP contribution is -2.00. The van der Waals surface area contributed by atoms with Crippen LogP contribution >= 0.6 is 0 Å². The Hall–Kier alpha value is -7.43. The van der Waals surface area contributed by atoms with Gasteiger partial charge in [-0.05, 0) is 42.0 Å². The zero-order chi connectivity index (χ0) is 36.3. The summed E-state index contributed by atoms with van der Waals surface area (Å²) in [6.45, 7) is 0. The second kappa shape index (κ2) is 12.6. The Morgan fingerprint density at radius 2 is 0.800 bits per heavy atom. The molecule has 0 atom stereocenters. The Morgan fingerprint density at radius 3 is 1.38 bits per heavy atom. The van der Waals surface area contributed by atoms with E-state index in [2.05, 4.69) is 187 Å². The van der Waals surface area contributed by atoms with Gasteiger partial charge < -0.3 is 4.57 Å². The van der Waals surface area contributed by atoms with Gasteiger partial charge in [-0.3, -0.25) is 0 Å². The second-order valence-corrected chi connectivity index (χ2v) is 14.0. The number of rotatable bonds is 5. The van der Waals surface area contributed by atoms with Crippen molar-refractivity contribution in [1.29, 1.82) is 0 Å². The van der Waals surface area contributed by atoms with Crippen molar-refractivity contribution in [2.24, 2.45) is 0 Å². The van der Waals surface area contributed by atoms with Crippen LogP contribution in [0.3, 0.4) is 0 Å². The Bertz CT molecular complexity index is 3170. The smallest absolute Gasteiger partial charge is 0.0987 e. The van der Waals surface area contributed by atoms with E-state index in [-0.39, 0.29) is 0 Å². The van der Waals surface area contributed by atoms with Crippen molar-refractivity contribution in [1.82, 2.24) is 19.5 Å².